The zero-order valence-electron chi connectivity index (χ0n) is 15.8. The number of aryl methyl sites for hydroxylation is 1. The zero-order valence-corrected chi connectivity index (χ0v) is 15.8. The summed E-state index contributed by atoms with van der Waals surface area (Å²) in [5, 5.41) is 16.0. The summed E-state index contributed by atoms with van der Waals surface area (Å²) in [5.41, 5.74) is 1.46. The van der Waals surface area contributed by atoms with E-state index in [4.69, 9.17) is 13.7 Å². The van der Waals surface area contributed by atoms with Crippen LogP contribution in [0.4, 0.5) is 0 Å². The number of aromatic nitrogens is 2. The molecule has 0 spiro atoms. The van der Waals surface area contributed by atoms with E-state index in [9.17, 15) is 14.7 Å². The Kier molecular flexibility index (Phi) is 6.62. The van der Waals surface area contributed by atoms with Gasteiger partial charge in [-0.2, -0.15) is 4.98 Å². The molecule has 29 heavy (non-hydrogen) atoms. The molecule has 3 rings (SSSR count). The van der Waals surface area contributed by atoms with Crippen molar-refractivity contribution in [2.45, 2.75) is 19.3 Å². The van der Waals surface area contributed by atoms with E-state index in [1.165, 1.54) is 19.6 Å². The third-order valence-electron chi connectivity index (χ3n) is 4.37. The van der Waals surface area contributed by atoms with Crippen LogP contribution in [0.2, 0.25) is 0 Å². The van der Waals surface area contributed by atoms with Gasteiger partial charge in [-0.1, -0.05) is 23.4 Å². The number of hydrogen-bond acceptors (Lipinski definition) is 7. The Morgan fingerprint density at radius 3 is 2.83 bits per heavy atom. The van der Waals surface area contributed by atoms with Gasteiger partial charge >= 0.3 is 5.97 Å². The van der Waals surface area contributed by atoms with E-state index >= 15 is 0 Å². The average Bonchev–Trinajstić information content (AvgIpc) is 3.41. The summed E-state index contributed by atoms with van der Waals surface area (Å²) in [6.45, 7) is 0.0102. The Morgan fingerprint density at radius 1 is 1.28 bits per heavy atom. The minimum atomic E-state index is -0.988. The van der Waals surface area contributed by atoms with Crippen LogP contribution in [0, 0.1) is 5.92 Å². The first-order chi connectivity index (χ1) is 14.1. The molecule has 2 aromatic heterocycles. The molecule has 9 heteroatoms. The molecule has 1 atom stereocenters. The van der Waals surface area contributed by atoms with Crippen molar-refractivity contribution in [1.82, 2.24) is 15.5 Å². The number of carboxylic acid groups (broad SMARTS) is 1. The third kappa shape index (κ3) is 5.44. The maximum Gasteiger partial charge on any atom is 0.308 e. The predicted octanol–water partition coefficient (Wildman–Crippen LogP) is 2.33. The lowest BCUT2D eigenvalue weighted by molar-refractivity contribution is -0.141. The molecule has 0 saturated heterocycles. The number of para-hydroxylation sites is 1. The first kappa shape index (κ1) is 20.1. The molecule has 3 aromatic rings. The fourth-order valence-corrected chi connectivity index (χ4v) is 2.80. The van der Waals surface area contributed by atoms with Crippen LogP contribution in [0.1, 0.15) is 17.9 Å². The molecule has 0 bridgehead atoms. The molecule has 0 aliphatic rings. The van der Waals surface area contributed by atoms with Crippen LogP contribution in [0.15, 0.2) is 51.8 Å². The van der Waals surface area contributed by atoms with Gasteiger partial charge in [0, 0.05) is 19.4 Å². The summed E-state index contributed by atoms with van der Waals surface area (Å²) < 4.78 is 15.3. The number of rotatable bonds is 10. The molecule has 1 amide bonds. The Bertz CT molecular complexity index is 951. The smallest absolute Gasteiger partial charge is 0.308 e. The second-order valence-corrected chi connectivity index (χ2v) is 6.38. The third-order valence-corrected chi connectivity index (χ3v) is 4.37. The van der Waals surface area contributed by atoms with Gasteiger partial charge in [-0.05, 0) is 24.1 Å². The summed E-state index contributed by atoms with van der Waals surface area (Å²) >= 11 is 0. The molecular weight excluding hydrogens is 378 g/mol. The fraction of sp³-hybridized carbons (Fsp3) is 0.300. The first-order valence-corrected chi connectivity index (χ1v) is 9.03. The number of ether oxygens (including phenoxy) is 1. The SMILES string of the molecule is COc1ccccc1CC(CNC(=O)CCc1nc(-c2ccoc2)no1)C(=O)O. The molecule has 2 heterocycles. The average molecular weight is 399 g/mol. The number of nitrogens with zero attached hydrogens (tertiary/aromatic N) is 2. The highest BCUT2D eigenvalue weighted by Crippen LogP contribution is 2.21. The number of benzene rings is 1. The van der Waals surface area contributed by atoms with E-state index in [-0.39, 0.29) is 31.7 Å². The molecule has 1 unspecified atom stereocenters. The van der Waals surface area contributed by atoms with Crippen molar-refractivity contribution < 1.29 is 28.4 Å². The number of amides is 1. The van der Waals surface area contributed by atoms with Crippen molar-refractivity contribution in [3.8, 4) is 17.1 Å². The number of furan rings is 1. The topological polar surface area (TPSA) is 128 Å². The molecule has 0 fully saturated rings. The highest BCUT2D eigenvalue weighted by atomic mass is 16.5. The Labute approximate surface area is 166 Å². The van der Waals surface area contributed by atoms with E-state index in [2.05, 4.69) is 15.5 Å². The van der Waals surface area contributed by atoms with Crippen molar-refractivity contribution in [3.05, 3.63) is 54.3 Å². The Balaban J connectivity index is 1.50. The normalized spacial score (nSPS) is 11.8. The molecule has 1 aromatic carbocycles. The number of carboxylic acids is 1. The van der Waals surface area contributed by atoms with E-state index in [0.717, 1.165) is 5.56 Å². The molecule has 0 saturated carbocycles. The minimum absolute atomic E-state index is 0.0102. The van der Waals surface area contributed by atoms with Gasteiger partial charge in [0.25, 0.3) is 0 Å². The number of nitrogens with one attached hydrogen (secondary N) is 1. The molecule has 9 nitrogen and oxygen atoms in total. The number of aliphatic carboxylic acids is 1. The Morgan fingerprint density at radius 2 is 2.10 bits per heavy atom. The number of methoxy groups -OCH3 is 1. The predicted molar refractivity (Wildman–Crippen MR) is 101 cm³/mol. The van der Waals surface area contributed by atoms with Crippen LogP contribution >= 0.6 is 0 Å². The van der Waals surface area contributed by atoms with E-state index < -0.39 is 11.9 Å². The zero-order chi connectivity index (χ0) is 20.6. The van der Waals surface area contributed by atoms with Gasteiger partial charge < -0.3 is 24.1 Å². The van der Waals surface area contributed by atoms with Crippen LogP contribution in [0.25, 0.3) is 11.4 Å². The van der Waals surface area contributed by atoms with Gasteiger partial charge in [0.05, 0.1) is 24.9 Å². The number of carbonyl (C=O) groups excluding carboxylic acids is 1. The monoisotopic (exact) mass is 399 g/mol. The van der Waals surface area contributed by atoms with Gasteiger partial charge in [0.2, 0.25) is 17.6 Å². The second kappa shape index (κ2) is 9.54. The lowest BCUT2D eigenvalue weighted by Crippen LogP contribution is -2.34. The Hall–Kier alpha value is -3.62. The summed E-state index contributed by atoms with van der Waals surface area (Å²) in [4.78, 5) is 27.9. The molecule has 0 radical (unpaired) electrons. The quantitative estimate of drug-likeness (QED) is 0.532. The standard InChI is InChI=1S/C20H21N3O6/c1-27-16-5-3-2-4-13(16)10-15(20(25)26)11-21-17(24)6-7-18-22-19(23-29-18)14-8-9-28-12-14/h2-5,8-9,12,15H,6-7,10-11H2,1H3,(H,21,24)(H,25,26). The van der Waals surface area contributed by atoms with Crippen molar-refractivity contribution >= 4 is 11.9 Å². The maximum atomic E-state index is 12.1. The number of carbonyl (C=O) groups is 2. The van der Waals surface area contributed by atoms with Crippen LogP contribution < -0.4 is 10.1 Å². The highest BCUT2D eigenvalue weighted by Gasteiger charge is 2.21. The second-order valence-electron chi connectivity index (χ2n) is 6.38. The van der Waals surface area contributed by atoms with E-state index in [0.29, 0.717) is 23.0 Å². The van der Waals surface area contributed by atoms with E-state index in [1.807, 2.05) is 18.2 Å². The van der Waals surface area contributed by atoms with Crippen molar-refractivity contribution in [2.24, 2.45) is 5.92 Å². The van der Waals surface area contributed by atoms with Crippen molar-refractivity contribution in [3.63, 3.8) is 0 Å². The molecule has 0 aliphatic carbocycles. The van der Waals surface area contributed by atoms with Crippen molar-refractivity contribution in [1.29, 1.82) is 0 Å². The van der Waals surface area contributed by atoms with Gasteiger partial charge in [-0.3, -0.25) is 9.59 Å². The maximum absolute atomic E-state index is 12.1. The van der Waals surface area contributed by atoms with Crippen LogP contribution in [0.5, 0.6) is 5.75 Å². The number of hydrogen-bond donors (Lipinski definition) is 2. The van der Waals surface area contributed by atoms with Crippen molar-refractivity contribution in [2.75, 3.05) is 13.7 Å². The summed E-state index contributed by atoms with van der Waals surface area (Å²) in [6, 6.07) is 8.92. The highest BCUT2D eigenvalue weighted by molar-refractivity contribution is 5.77. The lowest BCUT2D eigenvalue weighted by Gasteiger charge is -2.15. The van der Waals surface area contributed by atoms with Crippen LogP contribution in [0.3, 0.4) is 0 Å². The first-order valence-electron chi connectivity index (χ1n) is 9.03. The summed E-state index contributed by atoms with van der Waals surface area (Å²) in [6.07, 6.45) is 3.60. The molecule has 2 N–H and O–H groups in total. The fourth-order valence-electron chi connectivity index (χ4n) is 2.80. The lowest BCUT2D eigenvalue weighted by atomic mass is 9.98. The van der Waals surface area contributed by atoms with Gasteiger partial charge in [0.1, 0.15) is 12.0 Å². The molecular formula is C20H21N3O6. The van der Waals surface area contributed by atoms with Gasteiger partial charge in [0.15, 0.2) is 0 Å². The van der Waals surface area contributed by atoms with E-state index in [1.54, 1.807) is 12.1 Å². The molecule has 152 valence electrons. The van der Waals surface area contributed by atoms with Gasteiger partial charge in [-0.25, -0.2) is 0 Å². The largest absolute Gasteiger partial charge is 0.496 e. The van der Waals surface area contributed by atoms with Gasteiger partial charge in [-0.15, -0.1) is 0 Å². The minimum Gasteiger partial charge on any atom is -0.496 e. The van der Waals surface area contributed by atoms with Crippen LogP contribution in [-0.2, 0) is 22.4 Å². The van der Waals surface area contributed by atoms with Crippen LogP contribution in [-0.4, -0.2) is 40.8 Å². The molecule has 0 aliphatic heterocycles. The summed E-state index contributed by atoms with van der Waals surface area (Å²) in [7, 11) is 1.53. The summed E-state index contributed by atoms with van der Waals surface area (Å²) in [5.74, 6) is -0.726.